The highest BCUT2D eigenvalue weighted by atomic mass is 16.5. The van der Waals surface area contributed by atoms with Gasteiger partial charge in [0.1, 0.15) is 6.54 Å². The summed E-state index contributed by atoms with van der Waals surface area (Å²) < 4.78 is 4.79. The Labute approximate surface area is 156 Å². The second kappa shape index (κ2) is 8.32. The van der Waals surface area contributed by atoms with Gasteiger partial charge in [-0.3, -0.25) is 29.4 Å². The molecule has 0 bridgehead atoms. The van der Waals surface area contributed by atoms with Crippen LogP contribution in [0, 0.1) is 11.8 Å². The van der Waals surface area contributed by atoms with E-state index >= 15 is 0 Å². The van der Waals surface area contributed by atoms with Crippen molar-refractivity contribution in [3.8, 4) is 0 Å². The largest absolute Gasteiger partial charge is 0.454 e. The zero-order valence-corrected chi connectivity index (χ0v) is 14.9. The Morgan fingerprint density at radius 1 is 1.04 bits per heavy atom. The molecule has 0 aromatic carbocycles. The highest BCUT2D eigenvalue weighted by Gasteiger charge is 2.47. The zero-order valence-electron chi connectivity index (χ0n) is 14.9. The van der Waals surface area contributed by atoms with Gasteiger partial charge in [-0.25, -0.2) is 4.79 Å². The minimum Gasteiger partial charge on any atom is -0.454 e. The summed E-state index contributed by atoms with van der Waals surface area (Å²) in [5.74, 6) is -3.24. The van der Waals surface area contributed by atoms with Crippen molar-refractivity contribution in [1.82, 2.24) is 15.5 Å². The van der Waals surface area contributed by atoms with Crippen molar-refractivity contribution in [2.24, 2.45) is 11.8 Å². The van der Waals surface area contributed by atoms with Gasteiger partial charge in [0.25, 0.3) is 5.91 Å². The number of allylic oxidation sites excluding steroid dienone is 2. The SMILES string of the molecule is O=C(COC(=O)CN1C(=O)[C@H]2CC=CC[C@@H]2C1=O)NC(=O)NC1CCCC1. The van der Waals surface area contributed by atoms with Crippen LogP contribution in [-0.4, -0.2) is 53.8 Å². The predicted molar refractivity (Wildman–Crippen MR) is 92.0 cm³/mol. The molecule has 3 aliphatic rings. The molecular formula is C18H23N3O6. The van der Waals surface area contributed by atoms with Crippen LogP contribution in [0.25, 0.3) is 0 Å². The summed E-state index contributed by atoms with van der Waals surface area (Å²) in [6.07, 6.45) is 8.53. The molecule has 146 valence electrons. The molecule has 2 fully saturated rings. The van der Waals surface area contributed by atoms with Gasteiger partial charge in [0, 0.05) is 6.04 Å². The Morgan fingerprint density at radius 2 is 1.63 bits per heavy atom. The van der Waals surface area contributed by atoms with E-state index in [9.17, 15) is 24.0 Å². The number of ether oxygens (including phenoxy) is 1. The van der Waals surface area contributed by atoms with Gasteiger partial charge in [-0.1, -0.05) is 25.0 Å². The first kappa shape index (κ1) is 19.1. The lowest BCUT2D eigenvalue weighted by Gasteiger charge is -2.14. The molecule has 0 radical (unpaired) electrons. The van der Waals surface area contributed by atoms with E-state index in [0.29, 0.717) is 12.8 Å². The molecule has 1 heterocycles. The third-order valence-corrected chi connectivity index (χ3v) is 5.19. The fourth-order valence-electron chi connectivity index (χ4n) is 3.80. The lowest BCUT2D eigenvalue weighted by Crippen LogP contribution is -2.45. The second-order valence-electron chi connectivity index (χ2n) is 7.08. The maximum atomic E-state index is 12.3. The van der Waals surface area contributed by atoms with Crippen LogP contribution in [0.3, 0.4) is 0 Å². The van der Waals surface area contributed by atoms with Crippen LogP contribution in [0.2, 0.25) is 0 Å². The number of carbonyl (C=O) groups is 5. The molecule has 1 aliphatic heterocycles. The van der Waals surface area contributed by atoms with Crippen molar-refractivity contribution in [3.05, 3.63) is 12.2 Å². The Balaban J connectivity index is 1.40. The summed E-state index contributed by atoms with van der Waals surface area (Å²) in [5.41, 5.74) is 0. The maximum Gasteiger partial charge on any atom is 0.326 e. The van der Waals surface area contributed by atoms with Gasteiger partial charge in [-0.15, -0.1) is 0 Å². The van der Waals surface area contributed by atoms with E-state index in [2.05, 4.69) is 10.6 Å². The number of carbonyl (C=O) groups excluding carboxylic acids is 5. The smallest absolute Gasteiger partial charge is 0.326 e. The van der Waals surface area contributed by atoms with Gasteiger partial charge in [-0.05, 0) is 25.7 Å². The van der Waals surface area contributed by atoms with Gasteiger partial charge in [0.05, 0.1) is 11.8 Å². The van der Waals surface area contributed by atoms with E-state index < -0.39 is 42.9 Å². The van der Waals surface area contributed by atoms with Crippen molar-refractivity contribution in [1.29, 1.82) is 0 Å². The maximum absolute atomic E-state index is 12.3. The topological polar surface area (TPSA) is 122 Å². The Hall–Kier alpha value is -2.71. The number of amides is 5. The summed E-state index contributed by atoms with van der Waals surface area (Å²) >= 11 is 0. The third kappa shape index (κ3) is 4.53. The number of urea groups is 1. The molecule has 1 saturated carbocycles. The first-order valence-electron chi connectivity index (χ1n) is 9.22. The van der Waals surface area contributed by atoms with Gasteiger partial charge in [0.15, 0.2) is 6.61 Å². The molecule has 27 heavy (non-hydrogen) atoms. The molecule has 2 atom stereocenters. The van der Waals surface area contributed by atoms with Crippen LogP contribution in [-0.2, 0) is 23.9 Å². The van der Waals surface area contributed by atoms with E-state index in [-0.39, 0.29) is 17.9 Å². The van der Waals surface area contributed by atoms with Crippen LogP contribution in [0.5, 0.6) is 0 Å². The fourth-order valence-corrected chi connectivity index (χ4v) is 3.80. The molecule has 9 nitrogen and oxygen atoms in total. The van der Waals surface area contributed by atoms with E-state index in [4.69, 9.17) is 4.74 Å². The van der Waals surface area contributed by atoms with Crippen LogP contribution >= 0.6 is 0 Å². The number of likely N-dealkylation sites (tertiary alicyclic amines) is 1. The fraction of sp³-hybridized carbons (Fsp3) is 0.611. The van der Waals surface area contributed by atoms with Crippen LogP contribution < -0.4 is 10.6 Å². The summed E-state index contributed by atoms with van der Waals surface area (Å²) in [5, 5.41) is 4.77. The second-order valence-corrected chi connectivity index (χ2v) is 7.08. The molecule has 2 aliphatic carbocycles. The van der Waals surface area contributed by atoms with Gasteiger partial charge < -0.3 is 10.1 Å². The Kier molecular flexibility index (Phi) is 5.88. The number of esters is 1. The minimum absolute atomic E-state index is 0.0607. The molecule has 5 amide bonds. The summed E-state index contributed by atoms with van der Waals surface area (Å²) in [6.45, 7) is -1.17. The molecule has 2 N–H and O–H groups in total. The normalized spacial score (nSPS) is 24.7. The Morgan fingerprint density at radius 3 is 2.22 bits per heavy atom. The van der Waals surface area contributed by atoms with Gasteiger partial charge in [0.2, 0.25) is 11.8 Å². The van der Waals surface area contributed by atoms with Crippen LogP contribution in [0.1, 0.15) is 38.5 Å². The number of nitrogens with one attached hydrogen (secondary N) is 2. The quantitative estimate of drug-likeness (QED) is 0.402. The zero-order chi connectivity index (χ0) is 19.4. The number of rotatable bonds is 5. The molecule has 0 spiro atoms. The van der Waals surface area contributed by atoms with Crippen molar-refractivity contribution in [2.75, 3.05) is 13.2 Å². The van der Waals surface area contributed by atoms with E-state index in [1.165, 1.54) is 0 Å². The average Bonchev–Trinajstić information content (AvgIpc) is 3.23. The molecule has 0 aromatic heterocycles. The lowest BCUT2D eigenvalue weighted by molar-refractivity contribution is -0.154. The number of imide groups is 2. The van der Waals surface area contributed by atoms with Crippen LogP contribution in [0.15, 0.2) is 12.2 Å². The highest BCUT2D eigenvalue weighted by molar-refractivity contribution is 6.07. The summed E-state index contributed by atoms with van der Waals surface area (Å²) in [4.78, 5) is 60.7. The van der Waals surface area contributed by atoms with Crippen molar-refractivity contribution in [2.45, 2.75) is 44.6 Å². The summed E-state index contributed by atoms with van der Waals surface area (Å²) in [6, 6.07) is -0.560. The average molecular weight is 377 g/mol. The highest BCUT2D eigenvalue weighted by Crippen LogP contribution is 2.34. The molecule has 0 aromatic rings. The predicted octanol–water partition coefficient (Wildman–Crippen LogP) is 0.249. The molecule has 9 heteroatoms. The Bertz CT molecular complexity index is 657. The molecular weight excluding hydrogens is 354 g/mol. The third-order valence-electron chi connectivity index (χ3n) is 5.19. The van der Waals surface area contributed by atoms with Crippen LogP contribution in [0.4, 0.5) is 4.79 Å². The molecule has 0 unspecified atom stereocenters. The number of nitrogens with zero attached hydrogens (tertiary/aromatic N) is 1. The minimum atomic E-state index is -0.866. The van der Waals surface area contributed by atoms with E-state index in [1.807, 2.05) is 12.2 Å². The van der Waals surface area contributed by atoms with Gasteiger partial charge >= 0.3 is 12.0 Å². The summed E-state index contributed by atoms with van der Waals surface area (Å²) in [7, 11) is 0. The lowest BCUT2D eigenvalue weighted by atomic mass is 9.85. The van der Waals surface area contributed by atoms with Crippen molar-refractivity contribution < 1.29 is 28.7 Å². The molecule has 1 saturated heterocycles. The first-order chi connectivity index (χ1) is 13.0. The standard InChI is InChI=1S/C18H23N3O6/c22-14(20-18(26)19-11-5-1-2-6-11)10-27-15(23)9-21-16(24)12-7-3-4-8-13(12)17(21)25/h3-4,11-13H,1-2,5-10H2,(H2,19,20,22,26)/t12-,13-/m0/s1. The molecule has 3 rings (SSSR count). The van der Waals surface area contributed by atoms with Crippen molar-refractivity contribution in [3.63, 3.8) is 0 Å². The van der Waals surface area contributed by atoms with Gasteiger partial charge in [-0.2, -0.15) is 0 Å². The number of fused-ring (bicyclic) bond motifs is 1. The van der Waals surface area contributed by atoms with E-state index in [0.717, 1.165) is 30.6 Å². The first-order valence-corrected chi connectivity index (χ1v) is 9.22. The van der Waals surface area contributed by atoms with Crippen molar-refractivity contribution >= 4 is 29.7 Å². The monoisotopic (exact) mass is 377 g/mol. The number of hydrogen-bond donors (Lipinski definition) is 2. The number of hydrogen-bond acceptors (Lipinski definition) is 6. The van der Waals surface area contributed by atoms with E-state index in [1.54, 1.807) is 0 Å².